The van der Waals surface area contributed by atoms with Gasteiger partial charge in [-0.3, -0.25) is 9.78 Å². The van der Waals surface area contributed by atoms with Crippen LogP contribution in [-0.2, 0) is 17.6 Å². The molecule has 0 unspecified atom stereocenters. The molecule has 0 saturated carbocycles. The Labute approximate surface area is 103 Å². The van der Waals surface area contributed by atoms with Crippen LogP contribution in [0.5, 0.6) is 0 Å². The number of Topliss-reactive ketones (excluding diaryl/α,β-unsaturated/α-hetero) is 1. The van der Waals surface area contributed by atoms with Gasteiger partial charge < -0.3 is 0 Å². The lowest BCUT2D eigenvalue weighted by molar-refractivity contribution is -0.117. The summed E-state index contributed by atoms with van der Waals surface area (Å²) in [6, 6.07) is 7.05. The zero-order valence-electron chi connectivity index (χ0n) is 9.57. The predicted octanol–water partition coefficient (Wildman–Crippen LogP) is 2.71. The van der Waals surface area contributed by atoms with Gasteiger partial charge in [0, 0.05) is 25.2 Å². The number of hydrogen-bond acceptors (Lipinski definition) is 2. The maximum Gasteiger partial charge on any atom is 0.159 e. The Balaban J connectivity index is 2.01. The van der Waals surface area contributed by atoms with Crippen molar-refractivity contribution in [3.63, 3.8) is 0 Å². The maximum absolute atomic E-state index is 13.0. The number of ketones is 1. The van der Waals surface area contributed by atoms with Crippen LogP contribution in [0.15, 0.2) is 42.7 Å². The van der Waals surface area contributed by atoms with Crippen molar-refractivity contribution in [1.82, 2.24) is 4.98 Å². The summed E-state index contributed by atoms with van der Waals surface area (Å²) >= 11 is 0. The lowest BCUT2D eigenvalue weighted by atomic mass is 10.0. The average Bonchev–Trinajstić information content (AvgIpc) is 2.35. The second kappa shape index (κ2) is 5.49. The Bertz CT molecular complexity index is 555. The number of benzene rings is 1. The van der Waals surface area contributed by atoms with Crippen LogP contribution in [0.25, 0.3) is 0 Å². The van der Waals surface area contributed by atoms with Crippen LogP contribution in [0.2, 0.25) is 0 Å². The summed E-state index contributed by atoms with van der Waals surface area (Å²) in [4.78, 5) is 15.6. The van der Waals surface area contributed by atoms with E-state index < -0.39 is 11.6 Å². The molecule has 2 aromatic rings. The van der Waals surface area contributed by atoms with Crippen molar-refractivity contribution < 1.29 is 13.6 Å². The number of carbonyl (C=O) groups excluding carboxylic acids is 1. The average molecular weight is 247 g/mol. The first-order valence-corrected chi connectivity index (χ1v) is 5.49. The molecule has 4 heteroatoms. The van der Waals surface area contributed by atoms with Crippen molar-refractivity contribution in [2.24, 2.45) is 0 Å². The second-order valence-electron chi connectivity index (χ2n) is 4.00. The molecule has 0 radical (unpaired) electrons. The summed E-state index contributed by atoms with van der Waals surface area (Å²) in [6.45, 7) is 0. The van der Waals surface area contributed by atoms with Crippen molar-refractivity contribution in [3.8, 4) is 0 Å². The van der Waals surface area contributed by atoms with Crippen molar-refractivity contribution in [1.29, 1.82) is 0 Å². The summed E-state index contributed by atoms with van der Waals surface area (Å²) in [5.41, 5.74) is 1.29. The zero-order chi connectivity index (χ0) is 13.0. The lowest BCUT2D eigenvalue weighted by Gasteiger charge is -2.02. The van der Waals surface area contributed by atoms with Gasteiger partial charge in [0.15, 0.2) is 11.6 Å². The van der Waals surface area contributed by atoms with Crippen molar-refractivity contribution >= 4 is 5.78 Å². The number of rotatable bonds is 4. The quantitative estimate of drug-likeness (QED) is 0.831. The van der Waals surface area contributed by atoms with E-state index in [1.54, 1.807) is 24.5 Å². The lowest BCUT2D eigenvalue weighted by Crippen LogP contribution is -2.07. The van der Waals surface area contributed by atoms with Gasteiger partial charge in [-0.2, -0.15) is 0 Å². The largest absolute Gasteiger partial charge is 0.299 e. The molecule has 0 amide bonds. The van der Waals surface area contributed by atoms with Crippen molar-refractivity contribution in [3.05, 3.63) is 65.5 Å². The number of nitrogens with zero attached hydrogens (tertiary/aromatic N) is 1. The highest BCUT2D eigenvalue weighted by atomic mass is 19.2. The van der Waals surface area contributed by atoms with E-state index in [9.17, 15) is 13.6 Å². The molecule has 0 aliphatic heterocycles. The van der Waals surface area contributed by atoms with Crippen LogP contribution in [0.4, 0.5) is 8.78 Å². The first-order chi connectivity index (χ1) is 8.65. The van der Waals surface area contributed by atoms with Gasteiger partial charge in [0.25, 0.3) is 0 Å². The smallest absolute Gasteiger partial charge is 0.159 e. The molecule has 0 bridgehead atoms. The van der Waals surface area contributed by atoms with E-state index in [2.05, 4.69) is 4.98 Å². The molecule has 1 aromatic heterocycles. The molecule has 0 aliphatic carbocycles. The van der Waals surface area contributed by atoms with Gasteiger partial charge in [-0.1, -0.05) is 12.1 Å². The molecule has 0 spiro atoms. The summed E-state index contributed by atoms with van der Waals surface area (Å²) < 4.78 is 25.7. The van der Waals surface area contributed by atoms with E-state index in [1.165, 1.54) is 6.07 Å². The molecule has 2 nitrogen and oxygen atoms in total. The minimum atomic E-state index is -0.929. The highest BCUT2D eigenvalue weighted by molar-refractivity contribution is 5.83. The number of pyridine rings is 1. The number of hydrogen-bond donors (Lipinski definition) is 0. The molecule has 1 heterocycles. The molecule has 18 heavy (non-hydrogen) atoms. The summed E-state index contributed by atoms with van der Waals surface area (Å²) in [5, 5.41) is 0. The van der Waals surface area contributed by atoms with Crippen molar-refractivity contribution in [2.75, 3.05) is 0 Å². The molecule has 0 saturated heterocycles. The van der Waals surface area contributed by atoms with Crippen LogP contribution < -0.4 is 0 Å². The topological polar surface area (TPSA) is 30.0 Å². The maximum atomic E-state index is 13.0. The Kier molecular flexibility index (Phi) is 3.77. The monoisotopic (exact) mass is 247 g/mol. The minimum absolute atomic E-state index is 0.0611. The molecular weight excluding hydrogens is 236 g/mol. The molecule has 2 rings (SSSR count). The highest BCUT2D eigenvalue weighted by Gasteiger charge is 2.08. The number of carbonyl (C=O) groups is 1. The van der Waals surface area contributed by atoms with Crippen LogP contribution >= 0.6 is 0 Å². The van der Waals surface area contributed by atoms with E-state index >= 15 is 0 Å². The Morgan fingerprint density at radius 1 is 1.06 bits per heavy atom. The van der Waals surface area contributed by atoms with Gasteiger partial charge >= 0.3 is 0 Å². The number of aromatic nitrogens is 1. The zero-order valence-corrected chi connectivity index (χ0v) is 9.57. The van der Waals surface area contributed by atoms with Gasteiger partial charge in [-0.25, -0.2) is 8.78 Å². The normalized spacial score (nSPS) is 10.3. The molecule has 0 aliphatic rings. The first-order valence-electron chi connectivity index (χ1n) is 5.49. The van der Waals surface area contributed by atoms with E-state index in [0.717, 1.165) is 17.7 Å². The molecule has 92 valence electrons. The summed E-state index contributed by atoms with van der Waals surface area (Å²) in [7, 11) is 0. The first kappa shape index (κ1) is 12.4. The van der Waals surface area contributed by atoms with E-state index in [-0.39, 0.29) is 18.6 Å². The van der Waals surface area contributed by atoms with Gasteiger partial charge in [0.05, 0.1) is 0 Å². The second-order valence-corrected chi connectivity index (χ2v) is 4.00. The fourth-order valence-corrected chi connectivity index (χ4v) is 1.67. The van der Waals surface area contributed by atoms with E-state index in [0.29, 0.717) is 5.56 Å². The third kappa shape index (κ3) is 3.20. The van der Waals surface area contributed by atoms with Crippen LogP contribution in [-0.4, -0.2) is 10.8 Å². The molecule has 1 aromatic carbocycles. The van der Waals surface area contributed by atoms with Gasteiger partial charge in [0.2, 0.25) is 0 Å². The summed E-state index contributed by atoms with van der Waals surface area (Å²) in [6.07, 6.45) is 3.57. The van der Waals surface area contributed by atoms with E-state index in [1.807, 2.05) is 0 Å². The van der Waals surface area contributed by atoms with Gasteiger partial charge in [0.1, 0.15) is 5.78 Å². The van der Waals surface area contributed by atoms with Crippen LogP contribution in [0.1, 0.15) is 11.1 Å². The number of halogens is 2. The molecule has 0 atom stereocenters. The third-order valence-corrected chi connectivity index (χ3v) is 2.51. The molecule has 0 N–H and O–H groups in total. The van der Waals surface area contributed by atoms with Crippen LogP contribution in [0, 0.1) is 11.6 Å². The van der Waals surface area contributed by atoms with Gasteiger partial charge in [-0.05, 0) is 29.3 Å². The third-order valence-electron chi connectivity index (χ3n) is 2.51. The predicted molar refractivity (Wildman–Crippen MR) is 63.0 cm³/mol. The fraction of sp³-hybridized carbons (Fsp3) is 0.143. The Hall–Kier alpha value is -2.10. The Morgan fingerprint density at radius 3 is 2.50 bits per heavy atom. The highest BCUT2D eigenvalue weighted by Crippen LogP contribution is 2.10. The van der Waals surface area contributed by atoms with Gasteiger partial charge in [-0.15, -0.1) is 0 Å². The SMILES string of the molecule is O=C(Cc1cccnc1)Cc1ccc(F)c(F)c1. The van der Waals surface area contributed by atoms with Crippen molar-refractivity contribution in [2.45, 2.75) is 12.8 Å². The van der Waals surface area contributed by atoms with Crippen LogP contribution in [0.3, 0.4) is 0 Å². The standard InChI is InChI=1S/C14H11F2NO/c15-13-4-3-10(8-14(13)16)6-12(18)7-11-2-1-5-17-9-11/h1-5,8-9H,6-7H2. The molecular formula is C14H11F2NO. The summed E-state index contributed by atoms with van der Waals surface area (Å²) in [5.74, 6) is -1.89. The van der Waals surface area contributed by atoms with E-state index in [4.69, 9.17) is 0 Å². The molecule has 0 fully saturated rings. The minimum Gasteiger partial charge on any atom is -0.299 e. The Morgan fingerprint density at radius 2 is 1.83 bits per heavy atom. The fourth-order valence-electron chi connectivity index (χ4n) is 1.67.